The van der Waals surface area contributed by atoms with E-state index in [1.807, 2.05) is 13.8 Å². The zero-order valence-electron chi connectivity index (χ0n) is 7.26. The molecular formula is C8H12N4. The van der Waals surface area contributed by atoms with E-state index in [9.17, 15) is 0 Å². The summed E-state index contributed by atoms with van der Waals surface area (Å²) in [6.07, 6.45) is 1.77. The molecule has 64 valence electrons. The molecule has 1 aromatic rings. The number of imidazole rings is 1. The van der Waals surface area contributed by atoms with Gasteiger partial charge in [-0.3, -0.25) is 5.32 Å². The third kappa shape index (κ3) is 2.36. The molecular weight excluding hydrogens is 152 g/mol. The van der Waals surface area contributed by atoms with Crippen LogP contribution in [0.3, 0.4) is 0 Å². The number of nitriles is 1. The van der Waals surface area contributed by atoms with Gasteiger partial charge in [-0.05, 0) is 13.8 Å². The molecule has 1 heterocycles. The fraction of sp³-hybridized carbons (Fsp3) is 0.500. The molecule has 0 saturated carbocycles. The molecule has 0 aromatic carbocycles. The van der Waals surface area contributed by atoms with Crippen molar-refractivity contribution >= 4 is 0 Å². The monoisotopic (exact) mass is 164 g/mol. The normalized spacial score (nSPS) is 12.4. The van der Waals surface area contributed by atoms with E-state index in [-0.39, 0.29) is 6.04 Å². The number of nitrogens with one attached hydrogen (secondary N) is 2. The number of aromatic nitrogens is 2. The van der Waals surface area contributed by atoms with E-state index in [2.05, 4.69) is 21.4 Å². The smallest absolute Gasteiger partial charge is 0.103 e. The van der Waals surface area contributed by atoms with Gasteiger partial charge >= 0.3 is 0 Å². The van der Waals surface area contributed by atoms with Crippen LogP contribution in [-0.4, -0.2) is 16.0 Å². The van der Waals surface area contributed by atoms with Crippen molar-refractivity contribution in [3.63, 3.8) is 0 Å². The van der Waals surface area contributed by atoms with Crippen LogP contribution in [0.5, 0.6) is 0 Å². The van der Waals surface area contributed by atoms with Crippen LogP contribution < -0.4 is 5.32 Å². The maximum absolute atomic E-state index is 8.48. The Labute approximate surface area is 71.6 Å². The number of aryl methyl sites for hydroxylation is 1. The standard InChI is InChI=1S/C8H12N4/c1-6(3-9)10-4-8-5-11-7(2)12-8/h5-6,10H,4H2,1-2H3,(H,11,12). The molecule has 4 nitrogen and oxygen atoms in total. The number of hydrogen-bond acceptors (Lipinski definition) is 3. The summed E-state index contributed by atoms with van der Waals surface area (Å²) in [6, 6.07) is 1.98. The molecule has 1 atom stereocenters. The predicted octanol–water partition coefficient (Wildman–Crippen LogP) is 0.720. The highest BCUT2D eigenvalue weighted by Crippen LogP contribution is 1.94. The summed E-state index contributed by atoms with van der Waals surface area (Å²) in [6.45, 7) is 4.38. The molecule has 0 radical (unpaired) electrons. The van der Waals surface area contributed by atoms with E-state index in [1.54, 1.807) is 6.20 Å². The van der Waals surface area contributed by atoms with E-state index in [1.165, 1.54) is 0 Å². The van der Waals surface area contributed by atoms with Crippen molar-refractivity contribution in [3.05, 3.63) is 17.7 Å². The highest BCUT2D eigenvalue weighted by atomic mass is 15.0. The van der Waals surface area contributed by atoms with Crippen molar-refractivity contribution in [3.8, 4) is 6.07 Å². The van der Waals surface area contributed by atoms with E-state index >= 15 is 0 Å². The van der Waals surface area contributed by atoms with Crippen LogP contribution in [0.25, 0.3) is 0 Å². The maximum Gasteiger partial charge on any atom is 0.103 e. The average molecular weight is 164 g/mol. The van der Waals surface area contributed by atoms with Crippen LogP contribution in [0.4, 0.5) is 0 Å². The highest BCUT2D eigenvalue weighted by molar-refractivity contribution is 5.00. The van der Waals surface area contributed by atoms with E-state index in [0.29, 0.717) is 6.54 Å². The molecule has 0 saturated heterocycles. The minimum absolute atomic E-state index is 0.117. The van der Waals surface area contributed by atoms with Gasteiger partial charge in [-0.15, -0.1) is 0 Å². The first-order valence-electron chi connectivity index (χ1n) is 3.86. The Morgan fingerprint density at radius 3 is 3.08 bits per heavy atom. The quantitative estimate of drug-likeness (QED) is 0.691. The largest absolute Gasteiger partial charge is 0.345 e. The Balaban J connectivity index is 2.39. The lowest BCUT2D eigenvalue weighted by Crippen LogP contribution is -2.23. The second-order valence-electron chi connectivity index (χ2n) is 2.73. The first-order valence-corrected chi connectivity index (χ1v) is 3.86. The highest BCUT2D eigenvalue weighted by Gasteiger charge is 1.99. The van der Waals surface area contributed by atoms with Crippen molar-refractivity contribution in [2.45, 2.75) is 26.4 Å². The van der Waals surface area contributed by atoms with Gasteiger partial charge in [0.25, 0.3) is 0 Å². The number of hydrogen-bond donors (Lipinski definition) is 2. The number of rotatable bonds is 3. The summed E-state index contributed by atoms with van der Waals surface area (Å²) in [4.78, 5) is 7.11. The van der Waals surface area contributed by atoms with Crippen LogP contribution in [0.2, 0.25) is 0 Å². The minimum Gasteiger partial charge on any atom is -0.345 e. The van der Waals surface area contributed by atoms with Crippen molar-refractivity contribution in [2.75, 3.05) is 0 Å². The fourth-order valence-electron chi connectivity index (χ4n) is 0.870. The zero-order chi connectivity index (χ0) is 8.97. The molecule has 4 heteroatoms. The summed E-state index contributed by atoms with van der Waals surface area (Å²) in [5.74, 6) is 0.899. The van der Waals surface area contributed by atoms with Gasteiger partial charge < -0.3 is 4.98 Å². The predicted molar refractivity (Wildman–Crippen MR) is 45.2 cm³/mol. The summed E-state index contributed by atoms with van der Waals surface area (Å²) in [5.41, 5.74) is 1.01. The van der Waals surface area contributed by atoms with Crippen molar-refractivity contribution < 1.29 is 0 Å². The van der Waals surface area contributed by atoms with Gasteiger partial charge in [-0.25, -0.2) is 4.98 Å². The van der Waals surface area contributed by atoms with Gasteiger partial charge in [-0.1, -0.05) is 0 Å². The third-order valence-electron chi connectivity index (χ3n) is 1.55. The average Bonchev–Trinajstić information content (AvgIpc) is 2.47. The first-order chi connectivity index (χ1) is 5.72. The van der Waals surface area contributed by atoms with Crippen molar-refractivity contribution in [1.82, 2.24) is 15.3 Å². The second kappa shape index (κ2) is 3.88. The first kappa shape index (κ1) is 8.75. The van der Waals surface area contributed by atoms with Gasteiger partial charge in [-0.2, -0.15) is 5.26 Å². The Morgan fingerprint density at radius 2 is 2.58 bits per heavy atom. The lowest BCUT2D eigenvalue weighted by atomic mass is 10.3. The maximum atomic E-state index is 8.48. The summed E-state index contributed by atoms with van der Waals surface area (Å²) < 4.78 is 0. The molecule has 0 amide bonds. The van der Waals surface area contributed by atoms with E-state index in [0.717, 1.165) is 11.5 Å². The van der Waals surface area contributed by atoms with Gasteiger partial charge in [0.1, 0.15) is 5.82 Å². The van der Waals surface area contributed by atoms with E-state index < -0.39 is 0 Å². The SMILES string of the molecule is Cc1ncc(CNC(C)C#N)[nH]1. The fourth-order valence-corrected chi connectivity index (χ4v) is 0.870. The van der Waals surface area contributed by atoms with Gasteiger partial charge in [0.05, 0.1) is 12.1 Å². The third-order valence-corrected chi connectivity index (χ3v) is 1.55. The molecule has 2 N–H and O–H groups in total. The van der Waals surface area contributed by atoms with Crippen LogP contribution in [-0.2, 0) is 6.54 Å². The summed E-state index contributed by atoms with van der Waals surface area (Å²) in [5, 5.41) is 11.5. The van der Waals surface area contributed by atoms with Gasteiger partial charge in [0.2, 0.25) is 0 Å². The molecule has 0 aliphatic rings. The van der Waals surface area contributed by atoms with Gasteiger partial charge in [0.15, 0.2) is 0 Å². The molecule has 0 spiro atoms. The zero-order valence-corrected chi connectivity index (χ0v) is 7.26. The van der Waals surface area contributed by atoms with Crippen molar-refractivity contribution in [2.24, 2.45) is 0 Å². The minimum atomic E-state index is -0.117. The molecule has 1 aromatic heterocycles. The van der Waals surface area contributed by atoms with Crippen LogP contribution in [0.1, 0.15) is 18.4 Å². The molecule has 0 bridgehead atoms. The summed E-state index contributed by atoms with van der Waals surface area (Å²) >= 11 is 0. The summed E-state index contributed by atoms with van der Waals surface area (Å²) in [7, 11) is 0. The Morgan fingerprint density at radius 1 is 1.83 bits per heavy atom. The lowest BCUT2D eigenvalue weighted by molar-refractivity contribution is 0.633. The Bertz CT molecular complexity index is 283. The molecule has 0 aliphatic carbocycles. The second-order valence-corrected chi connectivity index (χ2v) is 2.73. The topological polar surface area (TPSA) is 64.5 Å². The van der Waals surface area contributed by atoms with Crippen LogP contribution >= 0.6 is 0 Å². The molecule has 1 unspecified atom stereocenters. The van der Waals surface area contributed by atoms with E-state index in [4.69, 9.17) is 5.26 Å². The number of H-pyrrole nitrogens is 1. The van der Waals surface area contributed by atoms with Crippen molar-refractivity contribution in [1.29, 1.82) is 5.26 Å². The number of nitrogens with zero attached hydrogens (tertiary/aromatic N) is 2. The van der Waals surface area contributed by atoms with Crippen LogP contribution in [0, 0.1) is 18.3 Å². The molecule has 1 rings (SSSR count). The molecule has 0 fully saturated rings. The Kier molecular flexibility index (Phi) is 2.83. The number of aromatic amines is 1. The van der Waals surface area contributed by atoms with Crippen LogP contribution in [0.15, 0.2) is 6.20 Å². The molecule has 12 heavy (non-hydrogen) atoms. The lowest BCUT2D eigenvalue weighted by Gasteiger charge is -2.02. The van der Waals surface area contributed by atoms with Gasteiger partial charge in [0, 0.05) is 18.4 Å². The Hall–Kier alpha value is -1.34. The molecule has 0 aliphatic heterocycles.